The van der Waals surface area contributed by atoms with Crippen molar-refractivity contribution in [2.75, 3.05) is 39.3 Å². The number of fused-ring (bicyclic) bond motifs is 1. The third-order valence-corrected chi connectivity index (χ3v) is 4.33. The molecule has 2 heterocycles. The van der Waals surface area contributed by atoms with E-state index in [4.69, 9.17) is 4.74 Å². The fraction of sp³-hybridized carbons (Fsp3) is 0.600. The highest BCUT2D eigenvalue weighted by Gasteiger charge is 2.36. The standard InChI is InChI=1S/C15H21FN2O2/c1-2-17-6-8-18(9-7-17)14-11-4-3-5-12(16)15(11)20-10-13(14)19/h3-5,13-14,19H,2,6-10H2,1H3. The van der Waals surface area contributed by atoms with Gasteiger partial charge >= 0.3 is 0 Å². The first-order chi connectivity index (χ1) is 9.70. The molecule has 0 radical (unpaired) electrons. The Hall–Kier alpha value is -1.17. The third kappa shape index (κ3) is 2.41. The molecule has 20 heavy (non-hydrogen) atoms. The van der Waals surface area contributed by atoms with E-state index in [1.54, 1.807) is 6.07 Å². The normalized spacial score (nSPS) is 27.9. The van der Waals surface area contributed by atoms with Gasteiger partial charge in [-0.1, -0.05) is 19.1 Å². The van der Waals surface area contributed by atoms with E-state index < -0.39 is 6.10 Å². The van der Waals surface area contributed by atoms with Crippen LogP contribution in [0.3, 0.4) is 0 Å². The van der Waals surface area contributed by atoms with Crippen molar-refractivity contribution < 1.29 is 14.2 Å². The fourth-order valence-corrected chi connectivity index (χ4v) is 3.18. The summed E-state index contributed by atoms with van der Waals surface area (Å²) in [4.78, 5) is 4.63. The smallest absolute Gasteiger partial charge is 0.165 e. The first kappa shape index (κ1) is 13.8. The van der Waals surface area contributed by atoms with E-state index in [-0.39, 0.29) is 18.5 Å². The number of piperazine rings is 1. The summed E-state index contributed by atoms with van der Waals surface area (Å²) in [5.41, 5.74) is 0.772. The minimum absolute atomic E-state index is 0.159. The summed E-state index contributed by atoms with van der Waals surface area (Å²) in [7, 11) is 0. The van der Waals surface area contributed by atoms with Crippen LogP contribution < -0.4 is 4.74 Å². The summed E-state index contributed by atoms with van der Waals surface area (Å²) in [6.45, 7) is 7.14. The number of rotatable bonds is 2. The van der Waals surface area contributed by atoms with Crippen LogP contribution in [0.25, 0.3) is 0 Å². The number of nitrogens with zero attached hydrogens (tertiary/aromatic N) is 2. The monoisotopic (exact) mass is 280 g/mol. The predicted octanol–water partition coefficient (Wildman–Crippen LogP) is 1.26. The molecular formula is C15H21FN2O2. The quantitative estimate of drug-likeness (QED) is 0.885. The summed E-state index contributed by atoms with van der Waals surface area (Å²) in [6.07, 6.45) is -0.600. The van der Waals surface area contributed by atoms with Gasteiger partial charge in [-0.3, -0.25) is 4.90 Å². The maximum Gasteiger partial charge on any atom is 0.165 e. The molecule has 1 aromatic carbocycles. The molecule has 2 unspecified atom stereocenters. The largest absolute Gasteiger partial charge is 0.487 e. The SMILES string of the molecule is CCN1CCN(C2c3cccc(F)c3OCC2O)CC1. The molecule has 2 atom stereocenters. The van der Waals surface area contributed by atoms with Crippen LogP contribution in [-0.4, -0.2) is 60.3 Å². The molecule has 1 fully saturated rings. The molecule has 0 aromatic heterocycles. The number of benzene rings is 1. The van der Waals surface area contributed by atoms with Crippen molar-refractivity contribution in [1.82, 2.24) is 9.80 Å². The molecule has 0 amide bonds. The molecule has 3 rings (SSSR count). The zero-order valence-electron chi connectivity index (χ0n) is 11.8. The van der Waals surface area contributed by atoms with Gasteiger partial charge in [-0.05, 0) is 12.6 Å². The number of likely N-dealkylation sites (N-methyl/N-ethyl adjacent to an activating group) is 1. The molecule has 2 aliphatic heterocycles. The van der Waals surface area contributed by atoms with E-state index in [0.717, 1.165) is 38.3 Å². The highest BCUT2D eigenvalue weighted by molar-refractivity contribution is 5.40. The first-order valence-electron chi connectivity index (χ1n) is 7.26. The number of aliphatic hydroxyl groups excluding tert-OH is 1. The van der Waals surface area contributed by atoms with Gasteiger partial charge in [0.05, 0.1) is 6.04 Å². The number of para-hydroxylation sites is 1. The Morgan fingerprint density at radius 3 is 2.75 bits per heavy atom. The Bertz CT molecular complexity index is 475. The van der Waals surface area contributed by atoms with Gasteiger partial charge in [0, 0.05) is 31.7 Å². The van der Waals surface area contributed by atoms with Crippen LogP contribution in [0.1, 0.15) is 18.5 Å². The van der Waals surface area contributed by atoms with Crippen LogP contribution in [0.5, 0.6) is 5.75 Å². The summed E-state index contributed by atoms with van der Waals surface area (Å²) >= 11 is 0. The Labute approximate surface area is 118 Å². The van der Waals surface area contributed by atoms with Crippen LogP contribution in [0.2, 0.25) is 0 Å². The molecule has 0 aliphatic carbocycles. The van der Waals surface area contributed by atoms with Crippen molar-refractivity contribution >= 4 is 0 Å². The summed E-state index contributed by atoms with van der Waals surface area (Å²) in [5.74, 6) is -0.0349. The van der Waals surface area contributed by atoms with Gasteiger partial charge < -0.3 is 14.7 Å². The number of ether oxygens (including phenoxy) is 1. The van der Waals surface area contributed by atoms with Crippen LogP contribution in [0.4, 0.5) is 4.39 Å². The van der Waals surface area contributed by atoms with E-state index in [1.807, 2.05) is 6.07 Å². The Balaban J connectivity index is 1.85. The zero-order valence-corrected chi connectivity index (χ0v) is 11.8. The highest BCUT2D eigenvalue weighted by atomic mass is 19.1. The molecule has 5 heteroatoms. The van der Waals surface area contributed by atoms with Gasteiger partial charge in [0.25, 0.3) is 0 Å². The lowest BCUT2D eigenvalue weighted by atomic mass is 9.95. The second-order valence-electron chi connectivity index (χ2n) is 5.45. The van der Waals surface area contributed by atoms with Crippen molar-refractivity contribution in [3.63, 3.8) is 0 Å². The lowest BCUT2D eigenvalue weighted by molar-refractivity contribution is -0.0187. The molecule has 4 nitrogen and oxygen atoms in total. The van der Waals surface area contributed by atoms with Crippen LogP contribution in [0, 0.1) is 5.82 Å². The van der Waals surface area contributed by atoms with Crippen molar-refractivity contribution in [3.8, 4) is 5.75 Å². The molecule has 1 N–H and O–H groups in total. The van der Waals surface area contributed by atoms with Crippen LogP contribution >= 0.6 is 0 Å². The number of hydrogen-bond acceptors (Lipinski definition) is 4. The van der Waals surface area contributed by atoms with Gasteiger partial charge in [0.2, 0.25) is 0 Å². The second kappa shape index (κ2) is 5.68. The third-order valence-electron chi connectivity index (χ3n) is 4.33. The molecule has 110 valence electrons. The number of hydrogen-bond donors (Lipinski definition) is 1. The van der Waals surface area contributed by atoms with Gasteiger partial charge in [-0.25, -0.2) is 4.39 Å². The average molecular weight is 280 g/mol. The van der Waals surface area contributed by atoms with Crippen molar-refractivity contribution in [2.45, 2.75) is 19.1 Å². The highest BCUT2D eigenvalue weighted by Crippen LogP contribution is 2.38. The van der Waals surface area contributed by atoms with Gasteiger partial charge in [-0.15, -0.1) is 0 Å². The van der Waals surface area contributed by atoms with E-state index in [0.29, 0.717) is 5.75 Å². The number of aliphatic hydroxyl groups is 1. The van der Waals surface area contributed by atoms with Crippen molar-refractivity contribution in [2.24, 2.45) is 0 Å². The van der Waals surface area contributed by atoms with Gasteiger partial charge in [0.1, 0.15) is 12.7 Å². The summed E-state index contributed by atoms with van der Waals surface area (Å²) < 4.78 is 19.2. The summed E-state index contributed by atoms with van der Waals surface area (Å²) in [6, 6.07) is 4.79. The van der Waals surface area contributed by atoms with E-state index in [1.165, 1.54) is 6.07 Å². The summed E-state index contributed by atoms with van der Waals surface area (Å²) in [5, 5.41) is 10.3. The molecule has 1 aromatic rings. The van der Waals surface area contributed by atoms with E-state index in [2.05, 4.69) is 16.7 Å². The second-order valence-corrected chi connectivity index (χ2v) is 5.45. The van der Waals surface area contributed by atoms with E-state index >= 15 is 0 Å². The van der Waals surface area contributed by atoms with Crippen LogP contribution in [0.15, 0.2) is 18.2 Å². The maximum atomic E-state index is 13.8. The fourth-order valence-electron chi connectivity index (χ4n) is 3.18. The minimum Gasteiger partial charge on any atom is -0.487 e. The van der Waals surface area contributed by atoms with Crippen molar-refractivity contribution in [1.29, 1.82) is 0 Å². The molecule has 0 saturated carbocycles. The average Bonchev–Trinajstić information content (AvgIpc) is 2.48. The van der Waals surface area contributed by atoms with Crippen molar-refractivity contribution in [3.05, 3.63) is 29.6 Å². The van der Waals surface area contributed by atoms with Crippen LogP contribution in [-0.2, 0) is 0 Å². The maximum absolute atomic E-state index is 13.8. The van der Waals surface area contributed by atoms with Gasteiger partial charge in [-0.2, -0.15) is 0 Å². The minimum atomic E-state index is -0.600. The Kier molecular flexibility index (Phi) is 3.92. The molecular weight excluding hydrogens is 259 g/mol. The predicted molar refractivity (Wildman–Crippen MR) is 74.3 cm³/mol. The van der Waals surface area contributed by atoms with E-state index in [9.17, 15) is 9.50 Å². The van der Waals surface area contributed by atoms with Gasteiger partial charge in [0.15, 0.2) is 11.6 Å². The molecule has 1 saturated heterocycles. The molecule has 0 spiro atoms. The Morgan fingerprint density at radius 2 is 2.05 bits per heavy atom. The Morgan fingerprint density at radius 1 is 1.30 bits per heavy atom. The first-order valence-corrected chi connectivity index (χ1v) is 7.26. The molecule has 2 aliphatic rings. The topological polar surface area (TPSA) is 35.9 Å². The molecule has 0 bridgehead atoms. The lowest BCUT2D eigenvalue weighted by Crippen LogP contribution is -2.51. The zero-order chi connectivity index (χ0) is 14.1. The number of halogens is 1. The lowest BCUT2D eigenvalue weighted by Gasteiger charge is -2.43.